The van der Waals surface area contributed by atoms with E-state index in [9.17, 15) is 4.79 Å². The van der Waals surface area contributed by atoms with Gasteiger partial charge in [-0.25, -0.2) is 9.79 Å². The minimum absolute atomic E-state index is 0.0233. The Morgan fingerprint density at radius 3 is 2.69 bits per heavy atom. The number of benzene rings is 1. The average Bonchev–Trinajstić information content (AvgIpc) is 2.27. The maximum atomic E-state index is 11.6. The Hall–Kier alpha value is -1.51. The van der Waals surface area contributed by atoms with Crippen LogP contribution in [0.5, 0.6) is 0 Å². The van der Waals surface area contributed by atoms with E-state index in [1.54, 1.807) is 12.1 Å². The molecule has 0 bridgehead atoms. The zero-order chi connectivity index (χ0) is 11.4. The summed E-state index contributed by atoms with van der Waals surface area (Å²) in [5.74, 6) is -0.268. The van der Waals surface area contributed by atoms with E-state index in [1.165, 1.54) is 0 Å². The van der Waals surface area contributed by atoms with Crippen molar-refractivity contribution in [2.24, 2.45) is 4.99 Å². The average molecular weight is 233 g/mol. The number of rotatable bonds is 3. The third-order valence-electron chi connectivity index (χ3n) is 2.59. The van der Waals surface area contributed by atoms with Crippen molar-refractivity contribution in [2.45, 2.75) is 25.0 Å². The summed E-state index contributed by atoms with van der Waals surface area (Å²) >= 11 is 4.51. The smallest absolute Gasteiger partial charge is 0.338 e. The first-order valence-electron chi connectivity index (χ1n) is 5.12. The fourth-order valence-electron chi connectivity index (χ4n) is 1.61. The molecular weight excluding hydrogens is 222 g/mol. The van der Waals surface area contributed by atoms with Crippen LogP contribution in [0.1, 0.15) is 23.2 Å². The van der Waals surface area contributed by atoms with Crippen LogP contribution >= 0.6 is 12.2 Å². The van der Waals surface area contributed by atoms with Crippen molar-refractivity contribution in [3.8, 4) is 0 Å². The van der Waals surface area contributed by atoms with E-state index in [2.05, 4.69) is 22.4 Å². The van der Waals surface area contributed by atoms with E-state index in [-0.39, 0.29) is 18.1 Å². The Labute approximate surface area is 99.1 Å². The molecule has 1 aromatic rings. The highest BCUT2D eigenvalue weighted by atomic mass is 32.1. The van der Waals surface area contributed by atoms with Crippen molar-refractivity contribution < 1.29 is 9.53 Å². The molecule has 0 spiro atoms. The first-order chi connectivity index (χ1) is 7.79. The normalized spacial score (nSPS) is 22.8. The number of isothiocyanates is 1. The maximum Gasteiger partial charge on any atom is 0.338 e. The van der Waals surface area contributed by atoms with E-state index < -0.39 is 0 Å². The van der Waals surface area contributed by atoms with Crippen molar-refractivity contribution in [3.05, 3.63) is 35.9 Å². The molecule has 4 heteroatoms. The summed E-state index contributed by atoms with van der Waals surface area (Å²) in [5.41, 5.74) is 0.587. The van der Waals surface area contributed by atoms with Gasteiger partial charge < -0.3 is 4.74 Å². The second-order valence-corrected chi connectivity index (χ2v) is 3.92. The molecule has 1 aromatic carbocycles. The summed E-state index contributed by atoms with van der Waals surface area (Å²) < 4.78 is 5.29. The number of ether oxygens (including phenoxy) is 1. The molecule has 16 heavy (non-hydrogen) atoms. The molecule has 2 rings (SSSR count). The lowest BCUT2D eigenvalue weighted by molar-refractivity contribution is 0.00361. The van der Waals surface area contributed by atoms with Crippen molar-refractivity contribution in [1.29, 1.82) is 0 Å². The van der Waals surface area contributed by atoms with Crippen molar-refractivity contribution >= 4 is 23.3 Å². The number of carbonyl (C=O) groups excluding carboxylic acids is 1. The van der Waals surface area contributed by atoms with Gasteiger partial charge in [0.15, 0.2) is 0 Å². The molecule has 3 nitrogen and oxygen atoms in total. The molecule has 0 aliphatic heterocycles. The Bertz CT molecular complexity index is 420. The number of aliphatic imine (C=N–C) groups is 1. The van der Waals surface area contributed by atoms with E-state index in [1.807, 2.05) is 18.2 Å². The molecular formula is C12H11NO2S. The fourth-order valence-corrected chi connectivity index (χ4v) is 1.76. The van der Waals surface area contributed by atoms with Gasteiger partial charge in [-0.3, -0.25) is 0 Å². The molecule has 0 heterocycles. The van der Waals surface area contributed by atoms with E-state index >= 15 is 0 Å². The van der Waals surface area contributed by atoms with Gasteiger partial charge in [0, 0.05) is 12.8 Å². The Morgan fingerprint density at radius 2 is 2.06 bits per heavy atom. The highest BCUT2D eigenvalue weighted by Crippen LogP contribution is 2.26. The largest absolute Gasteiger partial charge is 0.459 e. The zero-order valence-corrected chi connectivity index (χ0v) is 9.44. The lowest BCUT2D eigenvalue weighted by Gasteiger charge is -2.30. The van der Waals surface area contributed by atoms with Crippen LogP contribution in [0.3, 0.4) is 0 Å². The first kappa shape index (κ1) is 11.0. The highest BCUT2D eigenvalue weighted by molar-refractivity contribution is 7.78. The van der Waals surface area contributed by atoms with Crippen LogP contribution in [-0.4, -0.2) is 23.3 Å². The summed E-state index contributed by atoms with van der Waals surface area (Å²) in [6, 6.07) is 9.17. The van der Waals surface area contributed by atoms with Crippen LogP contribution in [0.15, 0.2) is 35.3 Å². The van der Waals surface area contributed by atoms with Crippen molar-refractivity contribution in [1.82, 2.24) is 0 Å². The zero-order valence-electron chi connectivity index (χ0n) is 8.63. The lowest BCUT2D eigenvalue weighted by Crippen LogP contribution is -2.35. The molecule has 1 fully saturated rings. The van der Waals surface area contributed by atoms with Crippen LogP contribution in [0.25, 0.3) is 0 Å². The fraction of sp³-hybridized carbons (Fsp3) is 0.333. The first-order valence-corrected chi connectivity index (χ1v) is 5.53. The van der Waals surface area contributed by atoms with E-state index in [4.69, 9.17) is 4.74 Å². The Balaban J connectivity index is 1.84. The maximum absolute atomic E-state index is 11.6. The highest BCUT2D eigenvalue weighted by Gasteiger charge is 2.32. The topological polar surface area (TPSA) is 38.7 Å². The molecule has 0 amide bonds. The van der Waals surface area contributed by atoms with Crippen LogP contribution < -0.4 is 0 Å². The minimum Gasteiger partial charge on any atom is -0.459 e. The number of nitrogens with zero attached hydrogens (tertiary/aromatic N) is 1. The van der Waals surface area contributed by atoms with Gasteiger partial charge in [0.1, 0.15) is 6.10 Å². The van der Waals surface area contributed by atoms with Crippen LogP contribution in [0, 0.1) is 0 Å². The summed E-state index contributed by atoms with van der Waals surface area (Å²) in [6.45, 7) is 0. The van der Waals surface area contributed by atoms with Gasteiger partial charge in [-0.1, -0.05) is 18.2 Å². The molecule has 0 atom stereocenters. The number of hydrogen-bond donors (Lipinski definition) is 0. The summed E-state index contributed by atoms with van der Waals surface area (Å²) in [6.07, 6.45) is 1.48. The molecule has 1 aliphatic rings. The minimum atomic E-state index is -0.268. The predicted molar refractivity (Wildman–Crippen MR) is 63.7 cm³/mol. The van der Waals surface area contributed by atoms with Crippen LogP contribution in [-0.2, 0) is 4.74 Å². The van der Waals surface area contributed by atoms with Crippen molar-refractivity contribution in [3.63, 3.8) is 0 Å². The Morgan fingerprint density at radius 1 is 1.38 bits per heavy atom. The standard InChI is InChI=1S/C12H11NO2S/c14-12(9-4-2-1-3-5-9)15-11-6-10(7-11)13-8-16/h1-5,10-11H,6-7H2. The molecule has 0 unspecified atom stereocenters. The van der Waals surface area contributed by atoms with Gasteiger partial charge in [-0.2, -0.15) is 0 Å². The van der Waals surface area contributed by atoms with E-state index in [0.717, 1.165) is 12.8 Å². The Kier molecular flexibility index (Phi) is 3.44. The van der Waals surface area contributed by atoms with Crippen LogP contribution in [0.4, 0.5) is 0 Å². The van der Waals surface area contributed by atoms with Crippen molar-refractivity contribution in [2.75, 3.05) is 0 Å². The van der Waals surface area contributed by atoms with Gasteiger partial charge in [0.25, 0.3) is 0 Å². The molecule has 82 valence electrons. The number of hydrogen-bond acceptors (Lipinski definition) is 4. The molecule has 0 radical (unpaired) electrons. The third-order valence-corrected chi connectivity index (χ3v) is 2.69. The summed E-state index contributed by atoms with van der Waals surface area (Å²) in [5, 5.41) is 2.34. The molecule has 0 N–H and O–H groups in total. The van der Waals surface area contributed by atoms with Gasteiger partial charge in [-0.15, -0.1) is 0 Å². The quantitative estimate of drug-likeness (QED) is 0.457. The molecule has 0 saturated heterocycles. The lowest BCUT2D eigenvalue weighted by atomic mass is 9.90. The molecule has 1 saturated carbocycles. The molecule has 1 aliphatic carbocycles. The second kappa shape index (κ2) is 5.01. The predicted octanol–water partition coefficient (Wildman–Crippen LogP) is 2.48. The number of esters is 1. The van der Waals surface area contributed by atoms with E-state index in [0.29, 0.717) is 5.56 Å². The second-order valence-electron chi connectivity index (χ2n) is 3.74. The summed E-state index contributed by atoms with van der Waals surface area (Å²) in [7, 11) is 0. The van der Waals surface area contributed by atoms with Gasteiger partial charge in [0.2, 0.25) is 0 Å². The third kappa shape index (κ3) is 2.54. The number of thiocarbonyl (C=S) groups is 1. The van der Waals surface area contributed by atoms with Gasteiger partial charge in [0.05, 0.1) is 16.8 Å². The molecule has 0 aromatic heterocycles. The van der Waals surface area contributed by atoms with Crippen LogP contribution in [0.2, 0.25) is 0 Å². The summed E-state index contributed by atoms with van der Waals surface area (Å²) in [4.78, 5) is 15.6. The van der Waals surface area contributed by atoms with Gasteiger partial charge >= 0.3 is 5.97 Å². The SMILES string of the molecule is O=C(OC1CC(N=C=S)C1)c1ccccc1. The monoisotopic (exact) mass is 233 g/mol. The van der Waals surface area contributed by atoms with Gasteiger partial charge in [-0.05, 0) is 24.4 Å². The number of carbonyl (C=O) groups is 1.